The second-order valence-corrected chi connectivity index (χ2v) is 8.22. The van der Waals surface area contributed by atoms with Crippen molar-refractivity contribution in [2.24, 2.45) is 0 Å². The average Bonchev–Trinajstić information content (AvgIpc) is 2.62. The van der Waals surface area contributed by atoms with Gasteiger partial charge in [-0.25, -0.2) is 0 Å². The van der Waals surface area contributed by atoms with Crippen LogP contribution in [0.4, 0.5) is 0 Å². The second-order valence-electron chi connectivity index (χ2n) is 5.17. The van der Waals surface area contributed by atoms with E-state index in [1.807, 2.05) is 91.0 Å². The van der Waals surface area contributed by atoms with Crippen LogP contribution in [0.2, 0.25) is 5.02 Å². The van der Waals surface area contributed by atoms with E-state index >= 15 is 0 Å². The van der Waals surface area contributed by atoms with Crippen molar-refractivity contribution in [1.29, 1.82) is 0 Å². The summed E-state index contributed by atoms with van der Waals surface area (Å²) in [6.45, 7) is 0. The summed E-state index contributed by atoms with van der Waals surface area (Å²) in [6, 6.07) is 26.7. The Morgan fingerprint density at radius 2 is 1.17 bits per heavy atom. The Kier molecular flexibility index (Phi) is 4.81. The predicted molar refractivity (Wildman–Crippen MR) is 100 cm³/mol. The molecule has 0 aliphatic heterocycles. The van der Waals surface area contributed by atoms with Gasteiger partial charge >= 0.3 is 0 Å². The van der Waals surface area contributed by atoms with Gasteiger partial charge < -0.3 is 4.57 Å². The van der Waals surface area contributed by atoms with Crippen LogP contribution >= 0.6 is 18.7 Å². The molecule has 0 bridgehead atoms. The quantitative estimate of drug-likeness (QED) is 0.588. The number of hydrogen-bond acceptors (Lipinski definition) is 1. The van der Waals surface area contributed by atoms with Crippen molar-refractivity contribution in [3.8, 4) is 0 Å². The molecule has 0 N–H and O–H groups in total. The standard InChI is InChI=1S/C20H16ClOP/c21-20-14-8-7-9-17(20)15-16-23(22,18-10-3-1-4-11-18)19-12-5-2-6-13-19/h1-16H/b16-15+. The lowest BCUT2D eigenvalue weighted by atomic mass is 10.2. The Bertz CT molecular complexity index is 814. The van der Waals surface area contributed by atoms with Gasteiger partial charge in [-0.05, 0) is 23.5 Å². The zero-order valence-corrected chi connectivity index (χ0v) is 14.1. The summed E-state index contributed by atoms with van der Waals surface area (Å²) in [6.07, 6.45) is 1.85. The Balaban J connectivity index is 2.11. The van der Waals surface area contributed by atoms with Crippen LogP contribution in [0.3, 0.4) is 0 Å². The van der Waals surface area contributed by atoms with E-state index in [4.69, 9.17) is 11.6 Å². The van der Waals surface area contributed by atoms with Crippen LogP contribution in [-0.2, 0) is 4.57 Å². The largest absolute Gasteiger partial charge is 0.309 e. The van der Waals surface area contributed by atoms with Crippen LogP contribution in [0.15, 0.2) is 90.7 Å². The Labute approximate surface area is 141 Å². The second kappa shape index (κ2) is 7.00. The van der Waals surface area contributed by atoms with Gasteiger partial charge in [0.15, 0.2) is 7.14 Å². The third-order valence-corrected chi connectivity index (χ3v) is 6.69. The van der Waals surface area contributed by atoms with Crippen molar-refractivity contribution in [2.75, 3.05) is 0 Å². The highest BCUT2D eigenvalue weighted by Crippen LogP contribution is 2.45. The van der Waals surface area contributed by atoms with Crippen LogP contribution in [0.25, 0.3) is 6.08 Å². The minimum atomic E-state index is -2.85. The van der Waals surface area contributed by atoms with Crippen molar-refractivity contribution >= 4 is 35.4 Å². The molecule has 0 spiro atoms. The molecule has 0 saturated heterocycles. The topological polar surface area (TPSA) is 17.1 Å². The van der Waals surface area contributed by atoms with Gasteiger partial charge in [-0.3, -0.25) is 0 Å². The van der Waals surface area contributed by atoms with Gasteiger partial charge in [-0.2, -0.15) is 0 Å². The zero-order valence-electron chi connectivity index (χ0n) is 12.5. The third kappa shape index (κ3) is 3.47. The summed E-state index contributed by atoms with van der Waals surface area (Å²) in [7, 11) is -2.85. The van der Waals surface area contributed by atoms with Crippen molar-refractivity contribution in [1.82, 2.24) is 0 Å². The van der Waals surface area contributed by atoms with E-state index in [1.165, 1.54) is 0 Å². The van der Waals surface area contributed by atoms with Crippen molar-refractivity contribution in [2.45, 2.75) is 0 Å². The van der Waals surface area contributed by atoms with Crippen LogP contribution in [0.5, 0.6) is 0 Å². The lowest BCUT2D eigenvalue weighted by molar-refractivity contribution is 0.592. The molecule has 0 heterocycles. The van der Waals surface area contributed by atoms with Gasteiger partial charge in [-0.15, -0.1) is 0 Å². The summed E-state index contributed by atoms with van der Waals surface area (Å²) < 4.78 is 13.8. The van der Waals surface area contributed by atoms with E-state index in [0.29, 0.717) is 5.02 Å². The van der Waals surface area contributed by atoms with Gasteiger partial charge in [0.1, 0.15) is 0 Å². The molecule has 114 valence electrons. The van der Waals surface area contributed by atoms with Gasteiger partial charge in [0.05, 0.1) is 0 Å². The minimum Gasteiger partial charge on any atom is -0.309 e. The molecule has 0 fully saturated rings. The minimum absolute atomic E-state index is 0.649. The maximum absolute atomic E-state index is 13.8. The van der Waals surface area contributed by atoms with E-state index in [1.54, 1.807) is 5.82 Å². The first kappa shape index (κ1) is 15.8. The summed E-state index contributed by atoms with van der Waals surface area (Å²) >= 11 is 6.20. The first-order valence-electron chi connectivity index (χ1n) is 7.35. The molecule has 0 unspecified atom stereocenters. The molecule has 0 amide bonds. The summed E-state index contributed by atoms with van der Waals surface area (Å²) in [5, 5.41) is 2.28. The summed E-state index contributed by atoms with van der Waals surface area (Å²) in [4.78, 5) is 0. The third-order valence-electron chi connectivity index (χ3n) is 3.65. The number of halogens is 1. The fourth-order valence-electron chi connectivity index (χ4n) is 2.42. The molecule has 0 saturated carbocycles. The highest BCUT2D eigenvalue weighted by atomic mass is 35.5. The van der Waals surface area contributed by atoms with Crippen LogP contribution in [-0.4, -0.2) is 0 Å². The van der Waals surface area contributed by atoms with E-state index in [0.717, 1.165) is 16.2 Å². The van der Waals surface area contributed by atoms with Crippen LogP contribution in [0, 0.1) is 0 Å². The first-order chi connectivity index (χ1) is 11.2. The molecular formula is C20H16ClOP. The van der Waals surface area contributed by atoms with E-state index in [9.17, 15) is 4.57 Å². The number of hydrogen-bond donors (Lipinski definition) is 0. The molecule has 1 nitrogen and oxygen atoms in total. The van der Waals surface area contributed by atoms with Crippen LogP contribution in [0.1, 0.15) is 5.56 Å². The summed E-state index contributed by atoms with van der Waals surface area (Å²) in [5.41, 5.74) is 0.862. The highest BCUT2D eigenvalue weighted by Gasteiger charge is 2.23. The zero-order chi connectivity index (χ0) is 16.1. The average molecular weight is 339 g/mol. The molecule has 0 aromatic heterocycles. The SMILES string of the molecule is O=P(/C=C/c1ccccc1Cl)(c1ccccc1)c1ccccc1. The van der Waals surface area contributed by atoms with Crippen molar-refractivity contribution in [3.05, 3.63) is 101 Å². The molecule has 0 atom stereocenters. The molecule has 3 aromatic rings. The van der Waals surface area contributed by atoms with Gasteiger partial charge in [-0.1, -0.05) is 90.5 Å². The Morgan fingerprint density at radius 1 is 0.696 bits per heavy atom. The number of rotatable bonds is 4. The predicted octanol–water partition coefficient (Wildman–Crippen LogP) is 5.32. The van der Waals surface area contributed by atoms with Crippen molar-refractivity contribution < 1.29 is 4.57 Å². The molecule has 0 aliphatic carbocycles. The highest BCUT2D eigenvalue weighted by molar-refractivity contribution is 7.81. The number of benzene rings is 3. The maximum atomic E-state index is 13.8. The van der Waals surface area contributed by atoms with Gasteiger partial charge in [0.2, 0.25) is 0 Å². The molecule has 3 heteroatoms. The van der Waals surface area contributed by atoms with Crippen molar-refractivity contribution in [3.63, 3.8) is 0 Å². The van der Waals surface area contributed by atoms with E-state index in [-0.39, 0.29) is 0 Å². The smallest absolute Gasteiger partial charge is 0.164 e. The molecule has 3 rings (SSSR count). The first-order valence-corrected chi connectivity index (χ1v) is 9.50. The summed E-state index contributed by atoms with van der Waals surface area (Å²) in [5.74, 6) is 1.79. The Hall–Kier alpha value is -2.08. The molecule has 23 heavy (non-hydrogen) atoms. The molecule has 0 aliphatic rings. The maximum Gasteiger partial charge on any atom is 0.164 e. The molecular weight excluding hydrogens is 323 g/mol. The fraction of sp³-hybridized carbons (Fsp3) is 0. The van der Waals surface area contributed by atoms with E-state index in [2.05, 4.69) is 0 Å². The van der Waals surface area contributed by atoms with Gasteiger partial charge in [0.25, 0.3) is 0 Å². The lowest BCUT2D eigenvalue weighted by Gasteiger charge is -2.15. The van der Waals surface area contributed by atoms with E-state index < -0.39 is 7.14 Å². The fourth-order valence-corrected chi connectivity index (χ4v) is 4.86. The molecule has 0 radical (unpaired) electrons. The monoisotopic (exact) mass is 338 g/mol. The van der Waals surface area contributed by atoms with Gasteiger partial charge in [0, 0.05) is 15.6 Å². The lowest BCUT2D eigenvalue weighted by Crippen LogP contribution is -2.13. The normalized spacial score (nSPS) is 11.7. The Morgan fingerprint density at radius 3 is 1.70 bits per heavy atom. The van der Waals surface area contributed by atoms with Crippen LogP contribution < -0.4 is 10.6 Å². The molecule has 3 aromatic carbocycles.